The van der Waals surface area contributed by atoms with Crippen molar-refractivity contribution >= 4 is 21.1 Å². The second-order valence-corrected chi connectivity index (χ2v) is 7.62. The van der Waals surface area contributed by atoms with Gasteiger partial charge < -0.3 is 13.9 Å². The first-order valence-corrected chi connectivity index (χ1v) is 8.84. The lowest BCUT2D eigenvalue weighted by atomic mass is 10.1. The summed E-state index contributed by atoms with van der Waals surface area (Å²) in [6.45, 7) is 1.78. The van der Waals surface area contributed by atoms with Crippen molar-refractivity contribution in [2.45, 2.75) is 23.5 Å². The van der Waals surface area contributed by atoms with Crippen LogP contribution in [0.5, 0.6) is 0 Å². The second kappa shape index (κ2) is 5.17. The van der Waals surface area contributed by atoms with Crippen LogP contribution in [0.2, 0.25) is 0 Å². The third-order valence-electron chi connectivity index (χ3n) is 4.33. The van der Waals surface area contributed by atoms with Crippen molar-refractivity contribution in [3.8, 4) is 0 Å². The first kappa shape index (κ1) is 14.9. The Bertz CT molecular complexity index is 883. The van der Waals surface area contributed by atoms with Crippen molar-refractivity contribution in [2.75, 3.05) is 26.3 Å². The number of sulfonamides is 1. The number of hydrogen-bond donors (Lipinski definition) is 1. The minimum atomic E-state index is -3.63. The third-order valence-corrected chi connectivity index (χ3v) is 6.22. The van der Waals surface area contributed by atoms with Gasteiger partial charge in [0.25, 0.3) is 0 Å². The molecule has 0 unspecified atom stereocenters. The van der Waals surface area contributed by atoms with Gasteiger partial charge in [0.2, 0.25) is 10.0 Å². The van der Waals surface area contributed by atoms with Crippen molar-refractivity contribution in [3.05, 3.63) is 28.7 Å². The molecule has 1 aromatic carbocycles. The molecule has 2 aliphatic rings. The fraction of sp³-hybridized carbons (Fsp3) is 0.500. The molecule has 2 aliphatic heterocycles. The lowest BCUT2D eigenvalue weighted by Gasteiger charge is -2.36. The Morgan fingerprint density at radius 1 is 1.13 bits per heavy atom. The Morgan fingerprint density at radius 2 is 1.83 bits per heavy atom. The van der Waals surface area contributed by atoms with E-state index in [-0.39, 0.29) is 4.90 Å². The Labute approximate surface area is 132 Å². The maximum absolute atomic E-state index is 12.8. The molecule has 1 N–H and O–H groups in total. The van der Waals surface area contributed by atoms with Gasteiger partial charge in [-0.05, 0) is 18.2 Å². The van der Waals surface area contributed by atoms with Crippen LogP contribution in [0, 0.1) is 0 Å². The summed E-state index contributed by atoms with van der Waals surface area (Å²) in [6.07, 6.45) is 1.02. The van der Waals surface area contributed by atoms with E-state index in [4.69, 9.17) is 13.9 Å². The number of nitrogens with zero attached hydrogens (tertiary/aromatic N) is 1. The number of aromatic nitrogens is 1. The molecule has 2 fully saturated rings. The minimum absolute atomic E-state index is 0.131. The average molecular weight is 340 g/mol. The van der Waals surface area contributed by atoms with E-state index >= 15 is 0 Å². The lowest BCUT2D eigenvalue weighted by molar-refractivity contribution is -0.179. The molecular formula is C14H16N2O6S. The summed E-state index contributed by atoms with van der Waals surface area (Å²) >= 11 is 0. The largest absolute Gasteiger partial charge is 0.417 e. The molecule has 2 saturated heterocycles. The number of ether oxygens (including phenoxy) is 2. The second-order valence-electron chi connectivity index (χ2n) is 5.68. The number of nitrogens with one attached hydrogen (secondary N) is 1. The van der Waals surface area contributed by atoms with Gasteiger partial charge in [-0.2, -0.15) is 4.31 Å². The highest BCUT2D eigenvalue weighted by molar-refractivity contribution is 7.89. The van der Waals surface area contributed by atoms with Crippen molar-refractivity contribution in [1.29, 1.82) is 0 Å². The van der Waals surface area contributed by atoms with Crippen molar-refractivity contribution < 1.29 is 22.3 Å². The molecule has 8 nitrogen and oxygen atoms in total. The van der Waals surface area contributed by atoms with Gasteiger partial charge in [-0.3, -0.25) is 4.98 Å². The molecule has 9 heteroatoms. The van der Waals surface area contributed by atoms with Crippen LogP contribution in [0.1, 0.15) is 12.8 Å². The predicted molar refractivity (Wildman–Crippen MR) is 79.5 cm³/mol. The number of fused-ring (bicyclic) bond motifs is 1. The maximum atomic E-state index is 12.8. The Morgan fingerprint density at radius 3 is 2.52 bits per heavy atom. The van der Waals surface area contributed by atoms with Gasteiger partial charge in [-0.1, -0.05) is 0 Å². The van der Waals surface area contributed by atoms with E-state index in [1.165, 1.54) is 22.5 Å². The standard InChI is InChI=1S/C14H16N2O6S/c17-13-15-11-9-10(1-2-12(11)22-13)23(18,19)16-5-3-14(4-6-16)20-7-8-21-14/h1-2,9H,3-8H2,(H,15,17). The van der Waals surface area contributed by atoms with Crippen molar-refractivity contribution in [2.24, 2.45) is 0 Å². The first-order valence-electron chi connectivity index (χ1n) is 7.40. The number of piperidine rings is 1. The van der Waals surface area contributed by atoms with Crippen molar-refractivity contribution in [1.82, 2.24) is 9.29 Å². The summed E-state index contributed by atoms with van der Waals surface area (Å²) in [7, 11) is -3.63. The zero-order valence-corrected chi connectivity index (χ0v) is 13.1. The predicted octanol–water partition coefficient (Wildman–Crippen LogP) is 0.649. The smallest absolute Gasteiger partial charge is 0.408 e. The van der Waals surface area contributed by atoms with Gasteiger partial charge in [0.1, 0.15) is 0 Å². The van der Waals surface area contributed by atoms with E-state index in [2.05, 4.69) is 4.98 Å². The molecule has 0 amide bonds. The molecule has 1 aromatic heterocycles. The van der Waals surface area contributed by atoms with Gasteiger partial charge >= 0.3 is 5.76 Å². The van der Waals surface area contributed by atoms with E-state index < -0.39 is 21.6 Å². The average Bonchev–Trinajstić information content (AvgIpc) is 3.12. The van der Waals surface area contributed by atoms with Gasteiger partial charge in [0.15, 0.2) is 11.4 Å². The monoisotopic (exact) mass is 340 g/mol. The Kier molecular flexibility index (Phi) is 3.34. The summed E-state index contributed by atoms with van der Waals surface area (Å²) in [5.74, 6) is -1.23. The van der Waals surface area contributed by atoms with Gasteiger partial charge in [-0.25, -0.2) is 13.2 Å². The molecule has 0 radical (unpaired) electrons. The number of rotatable bonds is 2. The quantitative estimate of drug-likeness (QED) is 0.861. The molecule has 0 aliphatic carbocycles. The van der Waals surface area contributed by atoms with E-state index in [0.717, 1.165) is 0 Å². The van der Waals surface area contributed by atoms with Crippen LogP contribution >= 0.6 is 0 Å². The maximum Gasteiger partial charge on any atom is 0.417 e. The van der Waals surface area contributed by atoms with E-state index in [1.54, 1.807) is 0 Å². The highest BCUT2D eigenvalue weighted by Gasteiger charge is 2.42. The number of H-pyrrole nitrogens is 1. The van der Waals surface area contributed by atoms with Crippen LogP contribution in [-0.2, 0) is 19.5 Å². The minimum Gasteiger partial charge on any atom is -0.408 e. The van der Waals surface area contributed by atoms with Gasteiger partial charge in [-0.15, -0.1) is 0 Å². The topological polar surface area (TPSA) is 102 Å². The lowest BCUT2D eigenvalue weighted by Crippen LogP contribution is -2.47. The van der Waals surface area contributed by atoms with E-state index in [0.29, 0.717) is 50.2 Å². The number of hydrogen-bond acceptors (Lipinski definition) is 6. The van der Waals surface area contributed by atoms with Crippen LogP contribution in [-0.4, -0.2) is 49.8 Å². The third kappa shape index (κ3) is 2.49. The van der Waals surface area contributed by atoms with Crippen LogP contribution in [0.4, 0.5) is 0 Å². The zero-order chi connectivity index (χ0) is 16.1. The molecule has 1 spiro atoms. The molecule has 23 heavy (non-hydrogen) atoms. The summed E-state index contributed by atoms with van der Waals surface area (Å²) in [5, 5.41) is 0. The molecule has 0 saturated carbocycles. The van der Waals surface area contributed by atoms with Crippen LogP contribution in [0.15, 0.2) is 32.3 Å². The van der Waals surface area contributed by atoms with Gasteiger partial charge in [0, 0.05) is 25.9 Å². The highest BCUT2D eigenvalue weighted by Crippen LogP contribution is 2.33. The number of benzene rings is 1. The van der Waals surface area contributed by atoms with Crippen LogP contribution in [0.25, 0.3) is 11.1 Å². The fourth-order valence-electron chi connectivity index (χ4n) is 3.09. The Hall–Kier alpha value is -1.68. The molecule has 3 heterocycles. The van der Waals surface area contributed by atoms with Crippen LogP contribution < -0.4 is 5.76 Å². The molecule has 124 valence electrons. The molecule has 2 aromatic rings. The first-order chi connectivity index (χ1) is 11.0. The fourth-order valence-corrected chi connectivity index (χ4v) is 4.56. The SMILES string of the molecule is O=c1[nH]c2cc(S(=O)(=O)N3CCC4(CC3)OCCO4)ccc2o1. The summed E-state index contributed by atoms with van der Waals surface area (Å²) < 4.78 is 43.1. The molecule has 0 atom stereocenters. The summed E-state index contributed by atoms with van der Waals surface area (Å²) in [5.41, 5.74) is 0.700. The highest BCUT2D eigenvalue weighted by atomic mass is 32.2. The normalized spacial score (nSPS) is 22.1. The molecule has 4 rings (SSSR count). The number of oxazole rings is 1. The van der Waals surface area contributed by atoms with Crippen LogP contribution in [0.3, 0.4) is 0 Å². The number of aromatic amines is 1. The molecular weight excluding hydrogens is 324 g/mol. The Balaban J connectivity index is 1.60. The van der Waals surface area contributed by atoms with Crippen molar-refractivity contribution in [3.63, 3.8) is 0 Å². The van der Waals surface area contributed by atoms with E-state index in [9.17, 15) is 13.2 Å². The summed E-state index contributed by atoms with van der Waals surface area (Å²) in [6, 6.07) is 4.35. The van der Waals surface area contributed by atoms with Gasteiger partial charge in [0.05, 0.1) is 23.6 Å². The summed E-state index contributed by atoms with van der Waals surface area (Å²) in [4.78, 5) is 13.8. The zero-order valence-electron chi connectivity index (χ0n) is 12.3. The molecule has 0 bridgehead atoms. The van der Waals surface area contributed by atoms with E-state index in [1.807, 2.05) is 0 Å².